The van der Waals surface area contributed by atoms with Gasteiger partial charge in [0.2, 0.25) is 0 Å². The van der Waals surface area contributed by atoms with Gasteiger partial charge in [-0.25, -0.2) is 0 Å². The van der Waals surface area contributed by atoms with E-state index in [9.17, 15) is 4.79 Å². The van der Waals surface area contributed by atoms with E-state index in [-0.39, 0.29) is 12.0 Å². The number of rotatable bonds is 4. The summed E-state index contributed by atoms with van der Waals surface area (Å²) in [5.74, 6) is 0.00714. The van der Waals surface area contributed by atoms with Crippen LogP contribution in [0.4, 0.5) is 0 Å². The second-order valence-electron chi connectivity index (χ2n) is 5.55. The average Bonchev–Trinajstić information content (AvgIpc) is 3.11. The van der Waals surface area contributed by atoms with E-state index in [1.165, 1.54) is 32.1 Å². The van der Waals surface area contributed by atoms with Gasteiger partial charge < -0.3 is 10.1 Å². The maximum atomic E-state index is 11.7. The van der Waals surface area contributed by atoms with E-state index >= 15 is 0 Å². The molecule has 3 fully saturated rings. The van der Waals surface area contributed by atoms with E-state index in [1.807, 2.05) is 0 Å². The third kappa shape index (κ3) is 2.63. The van der Waals surface area contributed by atoms with Crippen molar-refractivity contribution in [3.63, 3.8) is 0 Å². The molecule has 0 aromatic rings. The highest BCUT2D eigenvalue weighted by molar-refractivity contribution is 5.77. The van der Waals surface area contributed by atoms with E-state index in [4.69, 9.17) is 4.74 Å². The highest BCUT2D eigenvalue weighted by atomic mass is 16.5. The van der Waals surface area contributed by atoms with Crippen LogP contribution >= 0.6 is 0 Å². The van der Waals surface area contributed by atoms with Crippen molar-refractivity contribution in [1.29, 1.82) is 0 Å². The van der Waals surface area contributed by atoms with Gasteiger partial charge >= 0.3 is 5.97 Å². The Morgan fingerprint density at radius 3 is 2.71 bits per heavy atom. The molecule has 2 atom stereocenters. The topological polar surface area (TPSA) is 41.6 Å². The molecule has 0 aromatic heterocycles. The summed E-state index contributed by atoms with van der Waals surface area (Å²) in [5.41, 5.74) is 0. The molecule has 0 radical (unpaired) electrons. The van der Waals surface area contributed by atoms with Crippen molar-refractivity contribution in [2.24, 2.45) is 0 Å². The quantitative estimate of drug-likeness (QED) is 0.739. The van der Waals surface area contributed by atoms with Crippen LogP contribution in [0.25, 0.3) is 0 Å². The number of carbonyl (C=O) groups is 1. The van der Waals surface area contributed by atoms with Crippen molar-refractivity contribution in [2.45, 2.75) is 56.7 Å². The SMILES string of the molecule is O=C1OCCC1N(CC1CCCCN1)C1CC1. The Morgan fingerprint density at radius 1 is 1.24 bits per heavy atom. The van der Waals surface area contributed by atoms with E-state index < -0.39 is 0 Å². The van der Waals surface area contributed by atoms with Crippen LogP contribution in [0.15, 0.2) is 0 Å². The number of nitrogens with one attached hydrogen (secondary N) is 1. The lowest BCUT2D eigenvalue weighted by Crippen LogP contribution is -2.49. The molecule has 0 spiro atoms. The summed E-state index contributed by atoms with van der Waals surface area (Å²) in [5, 5.41) is 3.58. The molecule has 96 valence electrons. The number of esters is 1. The van der Waals surface area contributed by atoms with Crippen molar-refractivity contribution in [3.8, 4) is 0 Å². The Kier molecular flexibility index (Phi) is 3.34. The lowest BCUT2D eigenvalue weighted by atomic mass is 10.0. The Bertz CT molecular complexity index is 285. The predicted molar refractivity (Wildman–Crippen MR) is 64.7 cm³/mol. The first kappa shape index (κ1) is 11.5. The smallest absolute Gasteiger partial charge is 0.323 e. The summed E-state index contributed by atoms with van der Waals surface area (Å²) in [7, 11) is 0. The summed E-state index contributed by atoms with van der Waals surface area (Å²) >= 11 is 0. The van der Waals surface area contributed by atoms with Gasteiger partial charge in [-0.2, -0.15) is 0 Å². The highest BCUT2D eigenvalue weighted by Crippen LogP contribution is 2.32. The second-order valence-corrected chi connectivity index (χ2v) is 5.55. The van der Waals surface area contributed by atoms with Crippen LogP contribution in [0.5, 0.6) is 0 Å². The zero-order chi connectivity index (χ0) is 11.7. The molecule has 2 saturated heterocycles. The van der Waals surface area contributed by atoms with Gasteiger partial charge in [-0.15, -0.1) is 0 Å². The Balaban J connectivity index is 1.61. The van der Waals surface area contributed by atoms with E-state index in [2.05, 4.69) is 10.2 Å². The monoisotopic (exact) mass is 238 g/mol. The maximum Gasteiger partial charge on any atom is 0.323 e. The normalized spacial score (nSPS) is 34.1. The van der Waals surface area contributed by atoms with Gasteiger partial charge in [0.15, 0.2) is 0 Å². The maximum absolute atomic E-state index is 11.7. The Hall–Kier alpha value is -0.610. The molecular weight excluding hydrogens is 216 g/mol. The van der Waals surface area contributed by atoms with Gasteiger partial charge in [0, 0.05) is 25.0 Å². The first-order valence-electron chi connectivity index (χ1n) is 7.00. The van der Waals surface area contributed by atoms with Gasteiger partial charge in [-0.3, -0.25) is 9.69 Å². The van der Waals surface area contributed by atoms with Crippen LogP contribution < -0.4 is 5.32 Å². The molecule has 2 unspecified atom stereocenters. The number of hydrogen-bond acceptors (Lipinski definition) is 4. The summed E-state index contributed by atoms with van der Waals surface area (Å²) < 4.78 is 5.11. The molecule has 17 heavy (non-hydrogen) atoms. The molecule has 0 aromatic carbocycles. The first-order valence-corrected chi connectivity index (χ1v) is 7.00. The number of carbonyl (C=O) groups excluding carboxylic acids is 1. The summed E-state index contributed by atoms with van der Waals surface area (Å²) in [4.78, 5) is 14.1. The van der Waals surface area contributed by atoms with Crippen LogP contribution in [-0.2, 0) is 9.53 Å². The van der Waals surface area contributed by atoms with E-state index in [0.717, 1.165) is 19.5 Å². The largest absolute Gasteiger partial charge is 0.464 e. The Labute approximate surface area is 103 Å². The van der Waals surface area contributed by atoms with Crippen LogP contribution in [0.3, 0.4) is 0 Å². The lowest BCUT2D eigenvalue weighted by Gasteiger charge is -2.32. The zero-order valence-corrected chi connectivity index (χ0v) is 10.4. The van der Waals surface area contributed by atoms with Crippen LogP contribution in [0.1, 0.15) is 38.5 Å². The molecule has 0 amide bonds. The molecule has 1 saturated carbocycles. The molecule has 1 N–H and O–H groups in total. The van der Waals surface area contributed by atoms with E-state index in [1.54, 1.807) is 0 Å². The summed E-state index contributed by atoms with van der Waals surface area (Å²) in [6.45, 7) is 2.79. The molecule has 2 aliphatic heterocycles. The molecule has 4 heteroatoms. The summed E-state index contributed by atoms with van der Waals surface area (Å²) in [6.07, 6.45) is 7.29. The average molecular weight is 238 g/mol. The zero-order valence-electron chi connectivity index (χ0n) is 10.4. The van der Waals surface area contributed by atoms with E-state index in [0.29, 0.717) is 18.7 Å². The molecule has 3 aliphatic rings. The standard InChI is InChI=1S/C13H22N2O2/c16-13-12(6-8-17-13)15(11-4-5-11)9-10-3-1-2-7-14-10/h10-12,14H,1-9H2. The molecule has 1 aliphatic carbocycles. The molecule has 4 nitrogen and oxygen atoms in total. The van der Waals surface area contributed by atoms with Crippen molar-refractivity contribution in [1.82, 2.24) is 10.2 Å². The van der Waals surface area contributed by atoms with Crippen molar-refractivity contribution < 1.29 is 9.53 Å². The third-order valence-electron chi connectivity index (χ3n) is 4.17. The highest BCUT2D eigenvalue weighted by Gasteiger charge is 2.41. The van der Waals surface area contributed by atoms with Gasteiger partial charge in [0.05, 0.1) is 6.61 Å². The summed E-state index contributed by atoms with van der Waals surface area (Å²) in [6, 6.07) is 1.28. The number of hydrogen-bond donors (Lipinski definition) is 1. The number of cyclic esters (lactones) is 1. The molecule has 2 heterocycles. The van der Waals surface area contributed by atoms with Gasteiger partial charge in [0.1, 0.15) is 6.04 Å². The fourth-order valence-electron chi connectivity index (χ4n) is 3.06. The predicted octanol–water partition coefficient (Wildman–Crippen LogP) is 0.908. The molecular formula is C13H22N2O2. The van der Waals surface area contributed by atoms with Crippen molar-refractivity contribution in [3.05, 3.63) is 0 Å². The molecule has 3 rings (SSSR count). The van der Waals surface area contributed by atoms with Gasteiger partial charge in [-0.05, 0) is 32.2 Å². The van der Waals surface area contributed by atoms with Crippen LogP contribution in [0, 0.1) is 0 Å². The van der Waals surface area contributed by atoms with Crippen LogP contribution in [-0.4, -0.2) is 48.7 Å². The van der Waals surface area contributed by atoms with Gasteiger partial charge in [-0.1, -0.05) is 6.42 Å². The minimum Gasteiger partial charge on any atom is -0.464 e. The minimum absolute atomic E-state index is 0.00714. The Morgan fingerprint density at radius 2 is 2.12 bits per heavy atom. The van der Waals surface area contributed by atoms with Gasteiger partial charge in [0.25, 0.3) is 0 Å². The number of piperidine rings is 1. The number of ether oxygens (including phenoxy) is 1. The second kappa shape index (κ2) is 4.94. The fourth-order valence-corrected chi connectivity index (χ4v) is 3.06. The number of nitrogens with zero attached hydrogens (tertiary/aromatic N) is 1. The van der Waals surface area contributed by atoms with Crippen LogP contribution in [0.2, 0.25) is 0 Å². The third-order valence-corrected chi connectivity index (χ3v) is 4.17. The fraction of sp³-hybridized carbons (Fsp3) is 0.923. The minimum atomic E-state index is 0.00714. The molecule has 0 bridgehead atoms. The van der Waals surface area contributed by atoms with Crippen molar-refractivity contribution >= 4 is 5.97 Å². The first-order chi connectivity index (χ1) is 8.34. The lowest BCUT2D eigenvalue weighted by molar-refractivity contribution is -0.142. The van der Waals surface area contributed by atoms with Crippen molar-refractivity contribution in [2.75, 3.05) is 19.7 Å².